The molecule has 1 aliphatic heterocycles. The topological polar surface area (TPSA) is 39.7 Å². The van der Waals surface area contributed by atoms with Gasteiger partial charge in [0.25, 0.3) is 0 Å². The fourth-order valence-electron chi connectivity index (χ4n) is 2.91. The lowest BCUT2D eigenvalue weighted by atomic mass is 10.1. The van der Waals surface area contributed by atoms with Crippen molar-refractivity contribution in [3.63, 3.8) is 0 Å². The van der Waals surface area contributed by atoms with Gasteiger partial charge in [0.1, 0.15) is 5.82 Å². The Kier molecular flexibility index (Phi) is 7.95. The molecule has 0 aliphatic carbocycles. The molecule has 3 rings (SSSR count). The number of hydrogen-bond acceptors (Lipinski definition) is 3. The van der Waals surface area contributed by atoms with E-state index in [1.807, 2.05) is 6.07 Å². The monoisotopic (exact) mass is 474 g/mol. The van der Waals surface area contributed by atoms with E-state index >= 15 is 0 Å². The Morgan fingerprint density at radius 1 is 1.28 bits per heavy atom. The molecule has 0 amide bonds. The summed E-state index contributed by atoms with van der Waals surface area (Å²) in [7, 11) is 1.77. The van der Waals surface area contributed by atoms with Crippen LogP contribution in [0.1, 0.15) is 18.4 Å². The van der Waals surface area contributed by atoms with Gasteiger partial charge in [-0.2, -0.15) is 0 Å². The smallest absolute Gasteiger partial charge is 0.191 e. The zero-order valence-electron chi connectivity index (χ0n) is 14.2. The van der Waals surface area contributed by atoms with Crippen LogP contribution >= 0.6 is 35.3 Å². The van der Waals surface area contributed by atoms with Gasteiger partial charge >= 0.3 is 0 Å². The summed E-state index contributed by atoms with van der Waals surface area (Å²) < 4.78 is 13.2. The third-order valence-electron chi connectivity index (χ3n) is 4.23. The number of nitrogens with one attached hydrogen (secondary N) is 2. The average molecular weight is 474 g/mol. The van der Waals surface area contributed by atoms with Crippen molar-refractivity contribution < 1.29 is 4.39 Å². The van der Waals surface area contributed by atoms with E-state index in [1.165, 1.54) is 11.1 Å². The number of benzene rings is 1. The number of thiophene rings is 1. The van der Waals surface area contributed by atoms with Crippen molar-refractivity contribution in [3.05, 3.63) is 53.2 Å². The van der Waals surface area contributed by atoms with Crippen molar-refractivity contribution in [3.8, 4) is 0 Å². The molecule has 1 aliphatic rings. The van der Waals surface area contributed by atoms with Crippen LogP contribution in [0.15, 0.2) is 46.8 Å². The van der Waals surface area contributed by atoms with Crippen molar-refractivity contribution in [2.45, 2.75) is 25.4 Å². The second kappa shape index (κ2) is 9.96. The van der Waals surface area contributed by atoms with Crippen LogP contribution < -0.4 is 15.5 Å². The van der Waals surface area contributed by atoms with Crippen molar-refractivity contribution in [2.24, 2.45) is 4.99 Å². The molecule has 2 heterocycles. The van der Waals surface area contributed by atoms with Crippen LogP contribution in [-0.4, -0.2) is 32.1 Å². The number of guanidine groups is 1. The lowest BCUT2D eigenvalue weighted by Gasteiger charge is -2.33. The summed E-state index contributed by atoms with van der Waals surface area (Å²) in [6, 6.07) is 11.3. The van der Waals surface area contributed by atoms with Gasteiger partial charge in [0.15, 0.2) is 5.96 Å². The van der Waals surface area contributed by atoms with Gasteiger partial charge < -0.3 is 15.5 Å². The first kappa shape index (κ1) is 20.0. The number of aliphatic imine (C=N–C) groups is 1. The van der Waals surface area contributed by atoms with E-state index in [4.69, 9.17) is 0 Å². The normalized spacial score (nSPS) is 15.6. The zero-order chi connectivity index (χ0) is 16.8. The van der Waals surface area contributed by atoms with Crippen LogP contribution in [0.25, 0.3) is 0 Å². The summed E-state index contributed by atoms with van der Waals surface area (Å²) in [5.74, 6) is 0.562. The van der Waals surface area contributed by atoms with E-state index < -0.39 is 0 Å². The fourth-order valence-corrected chi connectivity index (χ4v) is 3.70. The van der Waals surface area contributed by atoms with Crippen molar-refractivity contribution in [1.29, 1.82) is 0 Å². The van der Waals surface area contributed by atoms with E-state index in [0.29, 0.717) is 12.6 Å². The Morgan fingerprint density at radius 2 is 2.08 bits per heavy atom. The number of anilines is 1. The van der Waals surface area contributed by atoms with Gasteiger partial charge in [-0.3, -0.25) is 4.99 Å². The van der Waals surface area contributed by atoms with E-state index in [1.54, 1.807) is 30.5 Å². The standard InChI is InChI=1S/C18H23FN4S.HI/c1-20-18(21-13-14-4-2-5-15(19)12-14)22-16-7-9-23(10-8-16)17-6-3-11-24-17;/h2-6,11-12,16H,7-10,13H2,1H3,(H2,20,21,22);1H. The van der Waals surface area contributed by atoms with E-state index in [-0.39, 0.29) is 29.8 Å². The summed E-state index contributed by atoms with van der Waals surface area (Å²) in [6.45, 7) is 2.67. The van der Waals surface area contributed by atoms with Gasteiger partial charge in [0.2, 0.25) is 0 Å². The van der Waals surface area contributed by atoms with Crippen molar-refractivity contribution >= 4 is 46.3 Å². The predicted octanol–water partition coefficient (Wildman–Crippen LogP) is 3.84. The molecule has 7 heteroatoms. The molecule has 0 bridgehead atoms. The maximum atomic E-state index is 13.2. The van der Waals surface area contributed by atoms with Gasteiger partial charge in [-0.05, 0) is 48.1 Å². The largest absolute Gasteiger partial charge is 0.363 e. The molecule has 1 aromatic carbocycles. The Bertz CT molecular complexity index is 669. The summed E-state index contributed by atoms with van der Waals surface area (Å²) in [5, 5.41) is 10.2. The Morgan fingerprint density at radius 3 is 2.72 bits per heavy atom. The van der Waals surface area contributed by atoms with Gasteiger partial charge in [0, 0.05) is 32.7 Å². The first-order valence-electron chi connectivity index (χ1n) is 8.24. The zero-order valence-corrected chi connectivity index (χ0v) is 17.4. The number of halogens is 2. The number of nitrogens with zero attached hydrogens (tertiary/aromatic N) is 2. The highest BCUT2D eigenvalue weighted by Gasteiger charge is 2.20. The molecule has 2 aromatic rings. The summed E-state index contributed by atoms with van der Waals surface area (Å²) >= 11 is 1.79. The van der Waals surface area contributed by atoms with E-state index in [9.17, 15) is 4.39 Å². The van der Waals surface area contributed by atoms with Crippen LogP contribution in [-0.2, 0) is 6.54 Å². The second-order valence-electron chi connectivity index (χ2n) is 5.91. The number of piperidine rings is 1. The Balaban J connectivity index is 0.00000225. The molecule has 1 aromatic heterocycles. The highest BCUT2D eigenvalue weighted by Crippen LogP contribution is 2.24. The molecule has 136 valence electrons. The van der Waals surface area contributed by atoms with Gasteiger partial charge in [-0.15, -0.1) is 35.3 Å². The Hall–Kier alpha value is -1.35. The second-order valence-corrected chi connectivity index (χ2v) is 6.84. The fraction of sp³-hybridized carbons (Fsp3) is 0.389. The van der Waals surface area contributed by atoms with Crippen LogP contribution in [0.3, 0.4) is 0 Å². The molecule has 0 radical (unpaired) electrons. The van der Waals surface area contributed by atoms with Crippen LogP contribution in [0.4, 0.5) is 9.39 Å². The SMILES string of the molecule is CN=C(NCc1cccc(F)c1)NC1CCN(c2cccs2)CC1.I. The molecule has 2 N–H and O–H groups in total. The molecule has 0 unspecified atom stereocenters. The average Bonchev–Trinajstić information content (AvgIpc) is 3.14. The van der Waals surface area contributed by atoms with Gasteiger partial charge in [0.05, 0.1) is 5.00 Å². The van der Waals surface area contributed by atoms with E-state index in [2.05, 4.69) is 38.0 Å². The first-order valence-corrected chi connectivity index (χ1v) is 9.12. The van der Waals surface area contributed by atoms with Gasteiger partial charge in [-0.25, -0.2) is 4.39 Å². The van der Waals surface area contributed by atoms with Crippen LogP contribution in [0.2, 0.25) is 0 Å². The van der Waals surface area contributed by atoms with Gasteiger partial charge in [-0.1, -0.05) is 12.1 Å². The van der Waals surface area contributed by atoms with E-state index in [0.717, 1.165) is 37.5 Å². The molecular formula is C18H24FIN4S. The Labute approximate surface area is 169 Å². The highest BCUT2D eigenvalue weighted by atomic mass is 127. The van der Waals surface area contributed by atoms with Crippen molar-refractivity contribution in [1.82, 2.24) is 10.6 Å². The molecule has 0 saturated carbocycles. The molecule has 0 spiro atoms. The van der Waals surface area contributed by atoms with Crippen molar-refractivity contribution in [2.75, 3.05) is 25.0 Å². The maximum absolute atomic E-state index is 13.2. The molecule has 1 saturated heterocycles. The quantitative estimate of drug-likeness (QED) is 0.402. The minimum Gasteiger partial charge on any atom is -0.363 e. The summed E-state index contributed by atoms with van der Waals surface area (Å²) in [4.78, 5) is 6.71. The minimum atomic E-state index is -0.210. The molecular weight excluding hydrogens is 450 g/mol. The third kappa shape index (κ3) is 5.85. The summed E-state index contributed by atoms with van der Waals surface area (Å²) in [5.41, 5.74) is 0.908. The lowest BCUT2D eigenvalue weighted by molar-refractivity contribution is 0.462. The predicted molar refractivity (Wildman–Crippen MR) is 115 cm³/mol. The number of rotatable bonds is 4. The molecule has 1 fully saturated rings. The first-order chi connectivity index (χ1) is 11.7. The van der Waals surface area contributed by atoms with Crippen LogP contribution in [0.5, 0.6) is 0 Å². The third-order valence-corrected chi connectivity index (χ3v) is 5.16. The summed E-state index contributed by atoms with van der Waals surface area (Å²) in [6.07, 6.45) is 2.16. The molecule has 0 atom stereocenters. The highest BCUT2D eigenvalue weighted by molar-refractivity contribution is 14.0. The molecule has 4 nitrogen and oxygen atoms in total. The number of hydrogen-bond donors (Lipinski definition) is 2. The molecule has 25 heavy (non-hydrogen) atoms. The maximum Gasteiger partial charge on any atom is 0.191 e. The minimum absolute atomic E-state index is 0. The van der Waals surface area contributed by atoms with Crippen LogP contribution in [0, 0.1) is 5.82 Å². The lowest BCUT2D eigenvalue weighted by Crippen LogP contribution is -2.48.